The third-order valence-electron chi connectivity index (χ3n) is 8.77. The van der Waals surface area contributed by atoms with Gasteiger partial charge in [0.05, 0.1) is 24.1 Å². The number of nitrogens with zero attached hydrogens (tertiary/aromatic N) is 5. The first-order chi connectivity index (χ1) is 29.6. The molecule has 1 aliphatic rings. The van der Waals surface area contributed by atoms with Gasteiger partial charge in [0, 0.05) is 53.7 Å². The minimum atomic E-state index is -4.84. The summed E-state index contributed by atoms with van der Waals surface area (Å²) in [6.07, 6.45) is -3.14. The number of hydrogen-bond donors (Lipinski definition) is 4. The summed E-state index contributed by atoms with van der Waals surface area (Å²) in [6, 6.07) is 26.5. The lowest BCUT2D eigenvalue weighted by molar-refractivity contribution is -0.140. The van der Waals surface area contributed by atoms with Crippen molar-refractivity contribution in [1.82, 2.24) is 20.6 Å². The van der Waals surface area contributed by atoms with E-state index in [1.165, 1.54) is 28.6 Å². The summed E-state index contributed by atoms with van der Waals surface area (Å²) < 4.78 is 59.1. The number of carbonyl (C=O) groups excluding carboxylic acids is 2. The van der Waals surface area contributed by atoms with E-state index in [4.69, 9.17) is 4.74 Å². The highest BCUT2D eigenvalue weighted by atomic mass is 32.1. The number of rotatable bonds is 15. The van der Waals surface area contributed by atoms with Gasteiger partial charge in [-0.15, -0.1) is 11.3 Å². The number of aromatic nitrogens is 2. The molecule has 310 valence electrons. The predicted molar refractivity (Wildman–Crippen MR) is 226 cm³/mol. The zero-order chi connectivity index (χ0) is 42.8. The summed E-state index contributed by atoms with van der Waals surface area (Å²) >= 11 is 2.33. The van der Waals surface area contributed by atoms with E-state index in [9.17, 15) is 32.3 Å². The Kier molecular flexibility index (Phi) is 13.6. The number of aliphatic hydroxyl groups excluding tert-OH is 1. The van der Waals surface area contributed by atoms with Gasteiger partial charge in [0.2, 0.25) is 10.3 Å². The third-order valence-corrected chi connectivity index (χ3v) is 10.5. The van der Waals surface area contributed by atoms with Crippen molar-refractivity contribution in [3.8, 4) is 28.8 Å². The summed E-state index contributed by atoms with van der Waals surface area (Å²) in [4.78, 5) is 35.8. The second kappa shape index (κ2) is 19.5. The average Bonchev–Trinajstić information content (AvgIpc) is 4.03. The van der Waals surface area contributed by atoms with E-state index in [2.05, 4.69) is 48.1 Å². The number of carbonyl (C=O) groups is 2. The molecule has 0 atom stereocenters. The zero-order valence-corrected chi connectivity index (χ0v) is 33.5. The topological polar surface area (TPSA) is 153 Å². The molecule has 0 saturated heterocycles. The highest BCUT2D eigenvalue weighted by Crippen LogP contribution is 2.33. The van der Waals surface area contributed by atoms with Gasteiger partial charge < -0.3 is 20.5 Å². The molecule has 7 rings (SSSR count). The second-order valence-electron chi connectivity index (χ2n) is 13.0. The van der Waals surface area contributed by atoms with Gasteiger partial charge in [-0.05, 0) is 35.9 Å². The molecule has 6 aromatic rings. The number of nitrogens with one attached hydrogen (secondary N) is 3. The summed E-state index contributed by atoms with van der Waals surface area (Å²) in [7, 11) is 0. The summed E-state index contributed by atoms with van der Waals surface area (Å²) in [5, 5.41) is 27.8. The van der Waals surface area contributed by atoms with Crippen molar-refractivity contribution >= 4 is 56.2 Å². The number of halogens is 4. The average molecular weight is 867 g/mol. The van der Waals surface area contributed by atoms with E-state index in [0.717, 1.165) is 23.0 Å². The number of benzene rings is 4. The van der Waals surface area contributed by atoms with Gasteiger partial charge in [0.15, 0.2) is 5.71 Å². The van der Waals surface area contributed by atoms with Crippen LogP contribution in [-0.4, -0.2) is 58.0 Å². The van der Waals surface area contributed by atoms with E-state index in [-0.39, 0.29) is 48.6 Å². The third kappa shape index (κ3) is 10.7. The van der Waals surface area contributed by atoms with Crippen LogP contribution in [-0.2, 0) is 24.1 Å². The Morgan fingerprint density at radius 2 is 1.74 bits per heavy atom. The highest BCUT2D eigenvalue weighted by Gasteiger charge is 2.36. The number of alkyl halides is 3. The van der Waals surface area contributed by atoms with Crippen molar-refractivity contribution in [1.29, 1.82) is 0 Å². The van der Waals surface area contributed by atoms with Gasteiger partial charge in [-0.1, -0.05) is 89.9 Å². The molecule has 2 amide bonds. The van der Waals surface area contributed by atoms with Gasteiger partial charge in [-0.25, -0.2) is 14.4 Å². The van der Waals surface area contributed by atoms with Crippen LogP contribution in [0.2, 0.25) is 0 Å². The number of aliphatic hydroxyl groups is 1. The number of amides is 2. The number of hydrazone groups is 2. The largest absolute Gasteiger partial charge is 0.489 e. The van der Waals surface area contributed by atoms with E-state index in [1.807, 2.05) is 66.0 Å². The van der Waals surface area contributed by atoms with Crippen molar-refractivity contribution in [2.45, 2.75) is 25.7 Å². The van der Waals surface area contributed by atoms with Crippen molar-refractivity contribution in [3.05, 3.63) is 147 Å². The van der Waals surface area contributed by atoms with E-state index >= 15 is 0 Å². The maximum atomic E-state index is 13.7. The molecule has 0 radical (unpaired) electrons. The lowest BCUT2D eigenvalue weighted by atomic mass is 10.1. The van der Waals surface area contributed by atoms with Crippen LogP contribution in [0, 0.1) is 17.7 Å². The first kappa shape index (κ1) is 42.3. The normalized spacial score (nSPS) is 13.2. The van der Waals surface area contributed by atoms with Gasteiger partial charge in [0.25, 0.3) is 5.91 Å². The molecule has 4 aromatic carbocycles. The predicted octanol–water partition coefficient (Wildman–Crippen LogP) is 7.48. The number of anilines is 2. The van der Waals surface area contributed by atoms with Crippen LogP contribution in [0.25, 0.3) is 11.3 Å². The first-order valence-corrected chi connectivity index (χ1v) is 20.3. The summed E-state index contributed by atoms with van der Waals surface area (Å²) in [5.41, 5.74) is 5.52. The Bertz CT molecular complexity index is 2640. The first-order valence-electron chi connectivity index (χ1n) is 18.6. The molecule has 0 fully saturated rings. The number of hydrogen-bond acceptors (Lipinski definition) is 12. The van der Waals surface area contributed by atoms with Crippen LogP contribution in [0.1, 0.15) is 43.9 Å². The van der Waals surface area contributed by atoms with Gasteiger partial charge in [-0.3, -0.25) is 15.0 Å². The molecular weight excluding hydrogens is 833 g/mol. The summed E-state index contributed by atoms with van der Waals surface area (Å²) in [6.45, 7) is 0.444. The monoisotopic (exact) mass is 866 g/mol. The van der Waals surface area contributed by atoms with Crippen molar-refractivity contribution in [2.75, 3.05) is 30.1 Å². The van der Waals surface area contributed by atoms with E-state index < -0.39 is 23.5 Å². The fourth-order valence-corrected chi connectivity index (χ4v) is 7.28. The van der Waals surface area contributed by atoms with Crippen LogP contribution in [0.4, 0.5) is 27.8 Å². The van der Waals surface area contributed by atoms with Crippen molar-refractivity contribution in [2.24, 2.45) is 10.2 Å². The van der Waals surface area contributed by atoms with Crippen LogP contribution in [0.15, 0.2) is 119 Å². The molecule has 18 heteroatoms. The number of thiazole rings is 2. The molecule has 0 bridgehead atoms. The lowest BCUT2D eigenvalue weighted by Gasteiger charge is -2.14. The Hall–Kier alpha value is -6.78. The SMILES string of the molecule is O=C(NCCC#Cc1ccc(OCc2ccc(F)c(C(F)(F)F)c2)c(CNCCO)c1)c1cnc(N/N=C2/C(=O)N(c3nc(-c4ccccc4)cs3)N=C2c2ccccc2)s1. The standard InChI is InChI=1S/C43H34F4N8O4S2/c44-33-16-14-28(22-32(33)43(45,46)47)25-59-35-17-15-27(21-31(35)23-48-19-20-56)9-7-8-18-49-39(57)36-24-50-41(61-36)53-52-38-37(30-12-5-2-6-13-30)54-55(40(38)58)42-51-34(26-60-42)29-10-3-1-4-11-29/h1-6,10-17,21-22,24,26,48,56H,8,18-20,23,25H2,(H,49,57)(H,50,53)/b52-38+. The minimum Gasteiger partial charge on any atom is -0.489 e. The minimum absolute atomic E-state index is 0.0473. The molecule has 0 unspecified atom stereocenters. The molecule has 0 aliphatic carbocycles. The number of ether oxygens (including phenoxy) is 1. The van der Waals surface area contributed by atoms with Gasteiger partial charge >= 0.3 is 12.1 Å². The van der Waals surface area contributed by atoms with Crippen LogP contribution in [0.3, 0.4) is 0 Å². The molecule has 1 aliphatic heterocycles. The quantitative estimate of drug-likeness (QED) is 0.0359. The fraction of sp³-hybridized carbons (Fsp3) is 0.163. The van der Waals surface area contributed by atoms with Crippen LogP contribution < -0.4 is 25.8 Å². The zero-order valence-electron chi connectivity index (χ0n) is 31.9. The summed E-state index contributed by atoms with van der Waals surface area (Å²) in [5.74, 6) is 4.19. The molecule has 4 N–H and O–H groups in total. The second-order valence-corrected chi connectivity index (χ2v) is 14.9. The van der Waals surface area contributed by atoms with Crippen LogP contribution in [0.5, 0.6) is 5.75 Å². The van der Waals surface area contributed by atoms with Crippen molar-refractivity contribution in [3.63, 3.8) is 0 Å². The molecule has 61 heavy (non-hydrogen) atoms. The van der Waals surface area contributed by atoms with E-state index in [1.54, 1.807) is 18.2 Å². The Labute approximate surface area is 354 Å². The van der Waals surface area contributed by atoms with Gasteiger partial charge in [0.1, 0.15) is 28.8 Å². The van der Waals surface area contributed by atoms with Crippen molar-refractivity contribution < 1.29 is 37.0 Å². The maximum absolute atomic E-state index is 13.7. The Balaban J connectivity index is 0.952. The lowest BCUT2D eigenvalue weighted by Crippen LogP contribution is -2.28. The van der Waals surface area contributed by atoms with Gasteiger partial charge in [-0.2, -0.15) is 28.4 Å². The molecule has 12 nitrogen and oxygen atoms in total. The van der Waals surface area contributed by atoms with Crippen LogP contribution >= 0.6 is 22.7 Å². The molecule has 2 aromatic heterocycles. The Morgan fingerprint density at radius 3 is 2.49 bits per heavy atom. The Morgan fingerprint density at radius 1 is 0.967 bits per heavy atom. The maximum Gasteiger partial charge on any atom is 0.419 e. The fourth-order valence-electron chi connectivity index (χ4n) is 5.82. The highest BCUT2D eigenvalue weighted by molar-refractivity contribution is 7.17. The molecule has 0 saturated carbocycles. The molecule has 3 heterocycles. The van der Waals surface area contributed by atoms with E-state index in [0.29, 0.717) is 62.9 Å². The molecule has 0 spiro atoms. The molecular formula is C43H34F4N8O4S2. The smallest absolute Gasteiger partial charge is 0.419 e.